The summed E-state index contributed by atoms with van der Waals surface area (Å²) >= 11 is 14.8. The molecule has 0 saturated heterocycles. The summed E-state index contributed by atoms with van der Waals surface area (Å²) in [5.74, 6) is -1.23. The standard InChI is InChI=1S/C13H9Cl2I2NO5/c1-4-7(12(14)21)9(16)8(13(15)22)10(17)11(4)18-6(20)3-23-5(2)19/h3H2,1-2H3,(H,18,20). The van der Waals surface area contributed by atoms with Crippen LogP contribution in [0.25, 0.3) is 0 Å². The molecule has 0 aliphatic carbocycles. The summed E-state index contributed by atoms with van der Waals surface area (Å²) in [7, 11) is 0. The van der Waals surface area contributed by atoms with E-state index in [2.05, 4.69) is 10.1 Å². The van der Waals surface area contributed by atoms with Gasteiger partial charge in [0.25, 0.3) is 16.4 Å². The number of amides is 1. The molecular weight excluding hydrogens is 575 g/mol. The van der Waals surface area contributed by atoms with Crippen LogP contribution in [0.1, 0.15) is 33.2 Å². The van der Waals surface area contributed by atoms with Crippen molar-refractivity contribution in [2.75, 3.05) is 11.9 Å². The quantitative estimate of drug-likeness (QED) is 0.326. The van der Waals surface area contributed by atoms with E-state index in [0.29, 0.717) is 12.7 Å². The number of carbonyl (C=O) groups is 4. The van der Waals surface area contributed by atoms with Gasteiger partial charge in [-0.3, -0.25) is 19.2 Å². The van der Waals surface area contributed by atoms with Crippen molar-refractivity contribution < 1.29 is 23.9 Å². The number of carbonyl (C=O) groups excluding carboxylic acids is 4. The topological polar surface area (TPSA) is 89.5 Å². The van der Waals surface area contributed by atoms with Crippen LogP contribution in [0.3, 0.4) is 0 Å². The molecule has 23 heavy (non-hydrogen) atoms. The first-order chi connectivity index (χ1) is 10.6. The molecule has 124 valence electrons. The zero-order valence-corrected chi connectivity index (χ0v) is 17.6. The van der Waals surface area contributed by atoms with Gasteiger partial charge in [0, 0.05) is 10.5 Å². The highest BCUT2D eigenvalue weighted by atomic mass is 127. The number of rotatable bonds is 5. The van der Waals surface area contributed by atoms with E-state index in [-0.39, 0.29) is 16.8 Å². The Morgan fingerprint density at radius 1 is 1.04 bits per heavy atom. The normalized spacial score (nSPS) is 10.2. The van der Waals surface area contributed by atoms with Crippen LogP contribution in [0.5, 0.6) is 0 Å². The molecule has 10 heteroatoms. The van der Waals surface area contributed by atoms with E-state index in [1.54, 1.807) is 29.5 Å². The first kappa shape index (κ1) is 20.6. The third-order valence-corrected chi connectivity index (χ3v) is 5.23. The van der Waals surface area contributed by atoms with Crippen molar-refractivity contribution >= 4 is 96.4 Å². The van der Waals surface area contributed by atoms with Gasteiger partial charge in [0.2, 0.25) is 0 Å². The Morgan fingerprint density at radius 2 is 1.57 bits per heavy atom. The van der Waals surface area contributed by atoms with E-state index in [1.165, 1.54) is 6.92 Å². The summed E-state index contributed by atoms with van der Waals surface area (Å²) in [6, 6.07) is 0. The van der Waals surface area contributed by atoms with Crippen molar-refractivity contribution in [2.24, 2.45) is 0 Å². The molecule has 1 amide bonds. The number of hydrogen-bond donors (Lipinski definition) is 1. The molecule has 0 aliphatic heterocycles. The van der Waals surface area contributed by atoms with Crippen LogP contribution >= 0.6 is 68.4 Å². The summed E-state index contributed by atoms with van der Waals surface area (Å²) in [6.45, 7) is 2.25. The fourth-order valence-corrected chi connectivity index (χ4v) is 5.34. The van der Waals surface area contributed by atoms with Crippen molar-refractivity contribution in [1.29, 1.82) is 0 Å². The summed E-state index contributed by atoms with van der Waals surface area (Å²) < 4.78 is 5.26. The highest BCUT2D eigenvalue weighted by Crippen LogP contribution is 2.35. The van der Waals surface area contributed by atoms with Gasteiger partial charge in [0.05, 0.1) is 20.4 Å². The Kier molecular flexibility index (Phi) is 7.68. The summed E-state index contributed by atoms with van der Waals surface area (Å²) in [4.78, 5) is 45.9. The minimum atomic E-state index is -0.784. The van der Waals surface area contributed by atoms with Gasteiger partial charge in [0.15, 0.2) is 6.61 Å². The Bertz CT molecular complexity index is 680. The van der Waals surface area contributed by atoms with Crippen molar-refractivity contribution in [1.82, 2.24) is 0 Å². The molecule has 0 bridgehead atoms. The summed E-state index contributed by atoms with van der Waals surface area (Å²) in [5, 5.41) is 0.939. The minimum Gasteiger partial charge on any atom is -0.456 e. The van der Waals surface area contributed by atoms with Crippen molar-refractivity contribution in [2.45, 2.75) is 13.8 Å². The Labute approximate surface area is 168 Å². The fraction of sp³-hybridized carbons (Fsp3) is 0.231. The molecule has 0 aliphatic rings. The summed E-state index contributed by atoms with van der Waals surface area (Å²) in [5.41, 5.74) is 0.762. The van der Waals surface area contributed by atoms with Crippen LogP contribution < -0.4 is 5.32 Å². The van der Waals surface area contributed by atoms with Crippen LogP contribution in [0.4, 0.5) is 5.69 Å². The van der Waals surface area contributed by atoms with Gasteiger partial charge >= 0.3 is 5.97 Å². The highest BCUT2D eigenvalue weighted by Gasteiger charge is 2.26. The van der Waals surface area contributed by atoms with Crippen molar-refractivity contribution in [3.63, 3.8) is 0 Å². The molecule has 1 rings (SSSR count). The largest absolute Gasteiger partial charge is 0.456 e. The number of ether oxygens (including phenoxy) is 1. The maximum absolute atomic E-state index is 11.8. The minimum absolute atomic E-state index is 0.0743. The first-order valence-corrected chi connectivity index (χ1v) is 8.83. The third-order valence-electron chi connectivity index (χ3n) is 2.69. The number of halogens is 4. The molecule has 0 saturated carbocycles. The zero-order chi connectivity index (χ0) is 17.9. The van der Waals surface area contributed by atoms with E-state index >= 15 is 0 Å². The number of benzene rings is 1. The lowest BCUT2D eigenvalue weighted by molar-refractivity contribution is -0.144. The van der Waals surface area contributed by atoms with E-state index in [0.717, 1.165) is 0 Å². The number of esters is 1. The number of hydrogen-bond acceptors (Lipinski definition) is 5. The van der Waals surface area contributed by atoms with E-state index in [1.807, 2.05) is 22.6 Å². The van der Waals surface area contributed by atoms with E-state index in [9.17, 15) is 19.2 Å². The molecule has 1 N–H and O–H groups in total. The molecule has 0 aromatic heterocycles. The predicted octanol–water partition coefficient (Wildman–Crippen LogP) is 3.46. The zero-order valence-electron chi connectivity index (χ0n) is 11.8. The van der Waals surface area contributed by atoms with Gasteiger partial charge in [-0.1, -0.05) is 0 Å². The Hall–Kier alpha value is -0.460. The molecule has 0 unspecified atom stereocenters. The predicted molar refractivity (Wildman–Crippen MR) is 102 cm³/mol. The lowest BCUT2D eigenvalue weighted by Crippen LogP contribution is -2.22. The molecule has 0 atom stereocenters. The molecule has 1 aromatic carbocycles. The van der Waals surface area contributed by atoms with Gasteiger partial charge in [-0.05, 0) is 80.9 Å². The van der Waals surface area contributed by atoms with Crippen LogP contribution in [-0.4, -0.2) is 29.0 Å². The second-order valence-corrected chi connectivity index (χ2v) is 7.10. The Morgan fingerprint density at radius 3 is 2.00 bits per heavy atom. The van der Waals surface area contributed by atoms with Crippen molar-refractivity contribution in [3.8, 4) is 0 Å². The third kappa shape index (κ3) is 5.00. The first-order valence-electron chi connectivity index (χ1n) is 5.92. The van der Waals surface area contributed by atoms with Gasteiger partial charge < -0.3 is 10.1 Å². The summed E-state index contributed by atoms with van der Waals surface area (Å²) in [6.07, 6.45) is 0. The van der Waals surface area contributed by atoms with Gasteiger partial charge in [-0.15, -0.1) is 0 Å². The maximum Gasteiger partial charge on any atom is 0.303 e. The van der Waals surface area contributed by atoms with Gasteiger partial charge in [-0.25, -0.2) is 0 Å². The number of nitrogens with one attached hydrogen (secondary N) is 1. The second-order valence-electron chi connectivity index (χ2n) is 4.25. The lowest BCUT2D eigenvalue weighted by atomic mass is 10.0. The van der Waals surface area contributed by atoms with E-state index in [4.69, 9.17) is 23.2 Å². The van der Waals surface area contributed by atoms with Crippen LogP contribution in [0, 0.1) is 14.1 Å². The molecule has 0 heterocycles. The lowest BCUT2D eigenvalue weighted by Gasteiger charge is -2.17. The SMILES string of the molecule is CC(=O)OCC(=O)Nc1c(C)c(C(=O)Cl)c(I)c(C(=O)Cl)c1I. The number of anilines is 1. The molecule has 1 aromatic rings. The smallest absolute Gasteiger partial charge is 0.303 e. The van der Waals surface area contributed by atoms with Gasteiger partial charge in [-0.2, -0.15) is 0 Å². The van der Waals surface area contributed by atoms with Crippen LogP contribution in [-0.2, 0) is 14.3 Å². The molecule has 0 spiro atoms. The average molecular weight is 584 g/mol. The van der Waals surface area contributed by atoms with E-state index < -0.39 is 29.0 Å². The maximum atomic E-state index is 11.8. The highest BCUT2D eigenvalue weighted by molar-refractivity contribution is 14.1. The van der Waals surface area contributed by atoms with Gasteiger partial charge in [0.1, 0.15) is 0 Å². The molecule has 0 fully saturated rings. The average Bonchev–Trinajstić information content (AvgIpc) is 2.40. The van der Waals surface area contributed by atoms with Crippen LogP contribution in [0.15, 0.2) is 0 Å². The fourth-order valence-electron chi connectivity index (χ4n) is 1.70. The Balaban J connectivity index is 3.42. The second kappa shape index (κ2) is 8.58. The molecule has 0 radical (unpaired) electrons. The molecular formula is C13H9Cl2I2NO5. The van der Waals surface area contributed by atoms with Crippen LogP contribution in [0.2, 0.25) is 0 Å². The monoisotopic (exact) mass is 583 g/mol. The van der Waals surface area contributed by atoms with Crippen molar-refractivity contribution in [3.05, 3.63) is 23.8 Å². The molecule has 6 nitrogen and oxygen atoms in total.